The Bertz CT molecular complexity index is 450. The van der Waals surface area contributed by atoms with E-state index < -0.39 is 0 Å². The van der Waals surface area contributed by atoms with E-state index in [2.05, 4.69) is 34.2 Å². The minimum absolute atomic E-state index is 0.0313. The molecule has 0 aromatic carbocycles. The van der Waals surface area contributed by atoms with Crippen LogP contribution in [0.15, 0.2) is 12.4 Å². The van der Waals surface area contributed by atoms with Gasteiger partial charge in [0, 0.05) is 32.7 Å². The van der Waals surface area contributed by atoms with Crippen LogP contribution in [0.4, 0.5) is 5.82 Å². The zero-order chi connectivity index (χ0) is 13.8. The van der Waals surface area contributed by atoms with Gasteiger partial charge in [0.2, 0.25) is 0 Å². The van der Waals surface area contributed by atoms with Crippen molar-refractivity contribution in [1.29, 1.82) is 0 Å². The standard InChI is InChI=1S/C13H21N5O/c1-4-10-9-18(6-5-17(10)3)13(19)11-7-15-8-12(14-2)16-11/h7-8,10H,4-6,9H2,1-3H3,(H,14,16). The monoisotopic (exact) mass is 263 g/mol. The van der Waals surface area contributed by atoms with Gasteiger partial charge in [-0.25, -0.2) is 4.98 Å². The Hall–Kier alpha value is -1.69. The molecule has 1 unspecified atom stereocenters. The molecule has 1 amide bonds. The summed E-state index contributed by atoms with van der Waals surface area (Å²) in [4.78, 5) is 24.9. The number of carbonyl (C=O) groups excluding carboxylic acids is 1. The van der Waals surface area contributed by atoms with Crippen molar-refractivity contribution in [3.05, 3.63) is 18.1 Å². The number of hydrogen-bond donors (Lipinski definition) is 1. The third-order valence-electron chi connectivity index (χ3n) is 3.65. The first-order chi connectivity index (χ1) is 9.15. The van der Waals surface area contributed by atoms with Crippen LogP contribution >= 0.6 is 0 Å². The number of carbonyl (C=O) groups is 1. The zero-order valence-electron chi connectivity index (χ0n) is 11.8. The van der Waals surface area contributed by atoms with Gasteiger partial charge in [0.1, 0.15) is 11.5 Å². The zero-order valence-corrected chi connectivity index (χ0v) is 11.8. The molecule has 1 fully saturated rings. The van der Waals surface area contributed by atoms with Crippen LogP contribution in [-0.2, 0) is 0 Å². The summed E-state index contributed by atoms with van der Waals surface area (Å²) in [6, 6.07) is 0.429. The number of aromatic nitrogens is 2. The second-order valence-corrected chi connectivity index (χ2v) is 4.83. The molecule has 1 N–H and O–H groups in total. The maximum Gasteiger partial charge on any atom is 0.274 e. The Morgan fingerprint density at radius 3 is 2.95 bits per heavy atom. The number of hydrogen-bond acceptors (Lipinski definition) is 5. The summed E-state index contributed by atoms with van der Waals surface area (Å²) in [7, 11) is 3.87. The van der Waals surface area contributed by atoms with Gasteiger partial charge in [-0.2, -0.15) is 0 Å². The van der Waals surface area contributed by atoms with Crippen LogP contribution in [-0.4, -0.2) is 65.4 Å². The molecule has 1 aliphatic rings. The maximum atomic E-state index is 12.4. The van der Waals surface area contributed by atoms with Crippen LogP contribution in [0.3, 0.4) is 0 Å². The Labute approximate surface area is 113 Å². The lowest BCUT2D eigenvalue weighted by Gasteiger charge is -2.38. The van der Waals surface area contributed by atoms with E-state index in [0.717, 1.165) is 26.1 Å². The molecule has 1 atom stereocenters. The molecule has 1 saturated heterocycles. The maximum absolute atomic E-state index is 12.4. The van der Waals surface area contributed by atoms with Crippen molar-refractivity contribution in [2.24, 2.45) is 0 Å². The van der Waals surface area contributed by atoms with E-state index in [9.17, 15) is 4.79 Å². The van der Waals surface area contributed by atoms with Crippen LogP contribution in [0.1, 0.15) is 23.8 Å². The van der Waals surface area contributed by atoms with Crippen molar-refractivity contribution in [3.8, 4) is 0 Å². The van der Waals surface area contributed by atoms with Crippen LogP contribution < -0.4 is 5.32 Å². The number of anilines is 1. The van der Waals surface area contributed by atoms with E-state index in [4.69, 9.17) is 0 Å². The summed E-state index contributed by atoms with van der Waals surface area (Å²) in [5.41, 5.74) is 0.409. The lowest BCUT2D eigenvalue weighted by atomic mass is 10.1. The molecular weight excluding hydrogens is 242 g/mol. The number of amides is 1. The lowest BCUT2D eigenvalue weighted by molar-refractivity contribution is 0.0536. The van der Waals surface area contributed by atoms with E-state index in [0.29, 0.717) is 17.6 Å². The number of rotatable bonds is 3. The highest BCUT2D eigenvalue weighted by Gasteiger charge is 2.27. The van der Waals surface area contributed by atoms with E-state index in [1.165, 1.54) is 6.20 Å². The van der Waals surface area contributed by atoms with Gasteiger partial charge in [0.25, 0.3) is 5.91 Å². The molecule has 2 rings (SSSR count). The number of nitrogens with one attached hydrogen (secondary N) is 1. The fourth-order valence-corrected chi connectivity index (χ4v) is 2.32. The first kappa shape index (κ1) is 13.7. The number of likely N-dealkylation sites (N-methyl/N-ethyl adjacent to an activating group) is 1. The van der Waals surface area contributed by atoms with E-state index in [-0.39, 0.29) is 5.91 Å². The van der Waals surface area contributed by atoms with E-state index >= 15 is 0 Å². The first-order valence-electron chi connectivity index (χ1n) is 6.65. The molecule has 19 heavy (non-hydrogen) atoms. The Morgan fingerprint density at radius 2 is 2.26 bits per heavy atom. The molecule has 6 heteroatoms. The fraction of sp³-hybridized carbons (Fsp3) is 0.615. The Kier molecular flexibility index (Phi) is 4.31. The number of nitrogens with zero attached hydrogens (tertiary/aromatic N) is 4. The summed E-state index contributed by atoms with van der Waals surface area (Å²) in [5, 5.41) is 2.90. The van der Waals surface area contributed by atoms with Gasteiger partial charge in [-0.05, 0) is 13.5 Å². The molecule has 1 aliphatic heterocycles. The molecule has 104 valence electrons. The molecule has 0 radical (unpaired) electrons. The third kappa shape index (κ3) is 3.01. The highest BCUT2D eigenvalue weighted by atomic mass is 16.2. The average Bonchev–Trinajstić information content (AvgIpc) is 2.47. The molecular formula is C13H21N5O. The Balaban J connectivity index is 2.10. The number of piperazine rings is 1. The van der Waals surface area contributed by atoms with Crippen molar-refractivity contribution in [3.63, 3.8) is 0 Å². The quantitative estimate of drug-likeness (QED) is 0.869. The van der Waals surface area contributed by atoms with Crippen molar-refractivity contribution in [2.75, 3.05) is 39.0 Å². The van der Waals surface area contributed by atoms with E-state index in [1.54, 1.807) is 13.2 Å². The third-order valence-corrected chi connectivity index (χ3v) is 3.65. The van der Waals surface area contributed by atoms with Gasteiger partial charge < -0.3 is 10.2 Å². The molecule has 0 bridgehead atoms. The van der Waals surface area contributed by atoms with E-state index in [1.807, 2.05) is 4.90 Å². The first-order valence-corrected chi connectivity index (χ1v) is 6.65. The summed E-state index contributed by atoms with van der Waals surface area (Å²) < 4.78 is 0. The molecule has 1 aromatic rings. The molecule has 1 aromatic heterocycles. The van der Waals surface area contributed by atoms with Crippen molar-refractivity contribution < 1.29 is 4.79 Å². The van der Waals surface area contributed by atoms with Crippen molar-refractivity contribution in [2.45, 2.75) is 19.4 Å². The van der Waals surface area contributed by atoms with Crippen LogP contribution in [0.5, 0.6) is 0 Å². The summed E-state index contributed by atoms with van der Waals surface area (Å²) >= 11 is 0. The molecule has 0 saturated carbocycles. The minimum atomic E-state index is -0.0313. The molecule has 0 spiro atoms. The van der Waals surface area contributed by atoms with Gasteiger partial charge in [0.15, 0.2) is 0 Å². The molecule has 2 heterocycles. The Morgan fingerprint density at radius 1 is 1.47 bits per heavy atom. The summed E-state index contributed by atoms with van der Waals surface area (Å²) in [5.74, 6) is 0.586. The highest BCUT2D eigenvalue weighted by Crippen LogP contribution is 2.13. The second kappa shape index (κ2) is 5.97. The lowest BCUT2D eigenvalue weighted by Crippen LogP contribution is -2.53. The van der Waals surface area contributed by atoms with Gasteiger partial charge in [-0.15, -0.1) is 0 Å². The average molecular weight is 263 g/mol. The molecule has 0 aliphatic carbocycles. The molecule has 6 nitrogen and oxygen atoms in total. The SMILES string of the molecule is CCC1CN(C(=O)c2cncc(NC)n2)CCN1C. The smallest absolute Gasteiger partial charge is 0.274 e. The predicted octanol–water partition coefficient (Wildman–Crippen LogP) is 0.684. The van der Waals surface area contributed by atoms with Crippen LogP contribution in [0, 0.1) is 0 Å². The van der Waals surface area contributed by atoms with Crippen LogP contribution in [0.25, 0.3) is 0 Å². The van der Waals surface area contributed by atoms with Gasteiger partial charge >= 0.3 is 0 Å². The van der Waals surface area contributed by atoms with Crippen LogP contribution in [0.2, 0.25) is 0 Å². The van der Waals surface area contributed by atoms with Gasteiger partial charge in [-0.1, -0.05) is 6.92 Å². The van der Waals surface area contributed by atoms with Crippen molar-refractivity contribution >= 4 is 11.7 Å². The fourth-order valence-electron chi connectivity index (χ4n) is 2.32. The topological polar surface area (TPSA) is 61.4 Å². The van der Waals surface area contributed by atoms with Gasteiger partial charge in [-0.3, -0.25) is 14.7 Å². The predicted molar refractivity (Wildman–Crippen MR) is 74.2 cm³/mol. The second-order valence-electron chi connectivity index (χ2n) is 4.83. The highest BCUT2D eigenvalue weighted by molar-refractivity contribution is 5.92. The van der Waals surface area contributed by atoms with Gasteiger partial charge in [0.05, 0.1) is 12.4 Å². The summed E-state index contributed by atoms with van der Waals surface area (Å²) in [6.45, 7) is 4.56. The minimum Gasteiger partial charge on any atom is -0.372 e. The summed E-state index contributed by atoms with van der Waals surface area (Å²) in [6.07, 6.45) is 4.18. The normalized spacial score (nSPS) is 20.4. The largest absolute Gasteiger partial charge is 0.372 e. The van der Waals surface area contributed by atoms with Crippen molar-refractivity contribution in [1.82, 2.24) is 19.8 Å².